The quantitative estimate of drug-likeness (QED) is 0.754. The minimum atomic E-state index is -0.235. The van der Waals surface area contributed by atoms with Gasteiger partial charge in [-0.05, 0) is 62.8 Å². The SMILES string of the molecule is Cc1cc2ncn(CC3CC(C(=O)N4CCCCC4CO)NN3)c2cc1C. The molecule has 0 bridgehead atoms. The molecule has 1 amide bonds. The molecule has 3 heterocycles. The summed E-state index contributed by atoms with van der Waals surface area (Å²) in [7, 11) is 0. The zero-order chi connectivity index (χ0) is 19.0. The third kappa shape index (κ3) is 3.59. The van der Waals surface area contributed by atoms with Gasteiger partial charge in [0, 0.05) is 19.1 Å². The van der Waals surface area contributed by atoms with Crippen molar-refractivity contribution in [1.82, 2.24) is 25.3 Å². The van der Waals surface area contributed by atoms with Crippen molar-refractivity contribution in [2.24, 2.45) is 0 Å². The molecule has 1 aromatic carbocycles. The van der Waals surface area contributed by atoms with E-state index in [0.717, 1.165) is 49.8 Å². The zero-order valence-electron chi connectivity index (χ0n) is 16.1. The van der Waals surface area contributed by atoms with Gasteiger partial charge in [-0.15, -0.1) is 0 Å². The van der Waals surface area contributed by atoms with E-state index >= 15 is 0 Å². The zero-order valence-corrected chi connectivity index (χ0v) is 16.1. The molecule has 7 nitrogen and oxygen atoms in total. The van der Waals surface area contributed by atoms with Crippen LogP contribution in [0.15, 0.2) is 18.5 Å². The van der Waals surface area contributed by atoms with Gasteiger partial charge in [-0.3, -0.25) is 10.2 Å². The van der Waals surface area contributed by atoms with Crippen LogP contribution in [0.25, 0.3) is 11.0 Å². The second kappa shape index (κ2) is 7.58. The molecule has 0 radical (unpaired) electrons. The number of aromatic nitrogens is 2. The van der Waals surface area contributed by atoms with Gasteiger partial charge in [-0.1, -0.05) is 0 Å². The van der Waals surface area contributed by atoms with E-state index in [0.29, 0.717) is 0 Å². The van der Waals surface area contributed by atoms with Crippen LogP contribution in [0.4, 0.5) is 0 Å². The average molecular weight is 371 g/mol. The summed E-state index contributed by atoms with van der Waals surface area (Å²) in [5, 5.41) is 9.58. The van der Waals surface area contributed by atoms with Gasteiger partial charge in [0.2, 0.25) is 5.91 Å². The lowest BCUT2D eigenvalue weighted by atomic mass is 10.0. The fourth-order valence-electron chi connectivity index (χ4n) is 4.28. The van der Waals surface area contributed by atoms with Crippen LogP contribution in [0.5, 0.6) is 0 Å². The lowest BCUT2D eigenvalue weighted by molar-refractivity contribution is -0.138. The van der Waals surface area contributed by atoms with E-state index < -0.39 is 0 Å². The first kappa shape index (κ1) is 18.4. The van der Waals surface area contributed by atoms with Crippen LogP contribution >= 0.6 is 0 Å². The summed E-state index contributed by atoms with van der Waals surface area (Å²) in [5.41, 5.74) is 11.1. The van der Waals surface area contributed by atoms with Crippen molar-refractivity contribution in [3.05, 3.63) is 29.6 Å². The van der Waals surface area contributed by atoms with Gasteiger partial charge >= 0.3 is 0 Å². The Morgan fingerprint density at radius 2 is 2.07 bits per heavy atom. The monoisotopic (exact) mass is 371 g/mol. The molecule has 3 unspecified atom stereocenters. The highest BCUT2D eigenvalue weighted by atomic mass is 16.3. The number of benzene rings is 1. The molecule has 7 heteroatoms. The Balaban J connectivity index is 1.43. The minimum absolute atomic E-state index is 0.0316. The summed E-state index contributed by atoms with van der Waals surface area (Å²) in [6.07, 6.45) is 5.61. The standard InChI is InChI=1S/C20H29N5O2/c1-13-7-17-19(8-14(13)2)24(12-21-17)10-15-9-18(23-22-15)20(27)25-6-4-3-5-16(25)11-26/h7-8,12,15-16,18,22-23,26H,3-6,9-11H2,1-2H3. The number of hydrazine groups is 1. The highest BCUT2D eigenvalue weighted by Crippen LogP contribution is 2.22. The number of fused-ring (bicyclic) bond motifs is 1. The number of likely N-dealkylation sites (tertiary alicyclic amines) is 1. The molecule has 2 aliphatic rings. The number of piperidine rings is 1. The van der Waals surface area contributed by atoms with Gasteiger partial charge in [0.15, 0.2) is 0 Å². The van der Waals surface area contributed by atoms with Crippen LogP contribution in [0, 0.1) is 13.8 Å². The topological polar surface area (TPSA) is 82.4 Å². The second-order valence-corrected chi connectivity index (χ2v) is 7.96. The molecular formula is C20H29N5O2. The lowest BCUT2D eigenvalue weighted by Gasteiger charge is -2.36. The van der Waals surface area contributed by atoms with E-state index in [9.17, 15) is 9.90 Å². The van der Waals surface area contributed by atoms with Crippen molar-refractivity contribution >= 4 is 16.9 Å². The van der Waals surface area contributed by atoms with Crippen molar-refractivity contribution in [1.29, 1.82) is 0 Å². The first-order valence-electron chi connectivity index (χ1n) is 9.91. The Bertz CT molecular complexity index is 833. The number of nitrogens with one attached hydrogen (secondary N) is 2. The predicted octanol–water partition coefficient (Wildman–Crippen LogP) is 1.26. The fraction of sp³-hybridized carbons (Fsp3) is 0.600. The Morgan fingerprint density at radius 3 is 2.89 bits per heavy atom. The molecule has 0 aliphatic carbocycles. The molecule has 2 aromatic rings. The van der Waals surface area contributed by atoms with Gasteiger partial charge in [0.25, 0.3) is 0 Å². The van der Waals surface area contributed by atoms with Crippen LogP contribution < -0.4 is 10.9 Å². The van der Waals surface area contributed by atoms with Crippen molar-refractivity contribution in [2.45, 2.75) is 64.2 Å². The first-order chi connectivity index (χ1) is 13.1. The van der Waals surface area contributed by atoms with E-state index in [1.165, 1.54) is 11.1 Å². The number of nitrogens with zero attached hydrogens (tertiary/aromatic N) is 3. The maximum absolute atomic E-state index is 12.9. The van der Waals surface area contributed by atoms with Gasteiger partial charge < -0.3 is 14.6 Å². The molecule has 0 spiro atoms. The number of aliphatic hydroxyl groups is 1. The molecule has 0 saturated carbocycles. The third-order valence-electron chi connectivity index (χ3n) is 6.05. The second-order valence-electron chi connectivity index (χ2n) is 7.96. The van der Waals surface area contributed by atoms with Gasteiger partial charge in [-0.25, -0.2) is 10.4 Å². The van der Waals surface area contributed by atoms with Gasteiger partial charge in [-0.2, -0.15) is 0 Å². The summed E-state index contributed by atoms with van der Waals surface area (Å²) in [6, 6.07) is 4.20. The maximum atomic E-state index is 12.9. The number of carbonyl (C=O) groups excluding carboxylic acids is 1. The molecule has 2 saturated heterocycles. The molecule has 27 heavy (non-hydrogen) atoms. The number of aliphatic hydroxyl groups excluding tert-OH is 1. The van der Waals surface area contributed by atoms with Gasteiger partial charge in [0.05, 0.1) is 30.0 Å². The van der Waals surface area contributed by atoms with E-state index in [4.69, 9.17) is 0 Å². The molecule has 146 valence electrons. The van der Waals surface area contributed by atoms with Gasteiger partial charge in [0.1, 0.15) is 6.04 Å². The van der Waals surface area contributed by atoms with Crippen LogP contribution in [0.2, 0.25) is 0 Å². The molecule has 3 atom stereocenters. The van der Waals surface area contributed by atoms with Crippen LogP contribution in [0.3, 0.4) is 0 Å². The molecule has 2 fully saturated rings. The Labute approximate surface area is 159 Å². The average Bonchev–Trinajstić information content (AvgIpc) is 3.30. The molecule has 3 N–H and O–H groups in total. The maximum Gasteiger partial charge on any atom is 0.241 e. The summed E-state index contributed by atoms with van der Waals surface area (Å²) < 4.78 is 2.16. The smallest absolute Gasteiger partial charge is 0.241 e. The van der Waals surface area contributed by atoms with E-state index in [-0.39, 0.29) is 30.6 Å². The van der Waals surface area contributed by atoms with Crippen LogP contribution in [-0.2, 0) is 11.3 Å². The number of imidazole rings is 1. The summed E-state index contributed by atoms with van der Waals surface area (Å²) in [6.45, 7) is 5.78. The first-order valence-corrected chi connectivity index (χ1v) is 9.91. The largest absolute Gasteiger partial charge is 0.394 e. The minimum Gasteiger partial charge on any atom is -0.394 e. The highest BCUT2D eigenvalue weighted by molar-refractivity contribution is 5.82. The van der Waals surface area contributed by atoms with E-state index in [2.05, 4.69) is 46.4 Å². The Kier molecular flexibility index (Phi) is 5.16. The number of aryl methyl sites for hydroxylation is 2. The number of rotatable bonds is 4. The summed E-state index contributed by atoms with van der Waals surface area (Å²) >= 11 is 0. The normalized spacial score (nSPS) is 26.0. The van der Waals surface area contributed by atoms with Crippen LogP contribution in [0.1, 0.15) is 36.8 Å². The Hall–Kier alpha value is -1.96. The summed E-state index contributed by atoms with van der Waals surface area (Å²) in [5.74, 6) is 0.103. The number of hydrogen-bond acceptors (Lipinski definition) is 5. The van der Waals surface area contributed by atoms with Crippen molar-refractivity contribution < 1.29 is 9.90 Å². The highest BCUT2D eigenvalue weighted by Gasteiger charge is 2.35. The molecular weight excluding hydrogens is 342 g/mol. The lowest BCUT2D eigenvalue weighted by Crippen LogP contribution is -2.52. The van der Waals surface area contributed by atoms with E-state index in [1.54, 1.807) is 0 Å². The van der Waals surface area contributed by atoms with Crippen molar-refractivity contribution in [3.63, 3.8) is 0 Å². The van der Waals surface area contributed by atoms with Crippen LogP contribution in [-0.4, -0.2) is 56.7 Å². The third-order valence-corrected chi connectivity index (χ3v) is 6.05. The number of amides is 1. The Morgan fingerprint density at radius 1 is 1.26 bits per heavy atom. The molecule has 4 rings (SSSR count). The number of carbonyl (C=O) groups is 1. The molecule has 1 aromatic heterocycles. The summed E-state index contributed by atoms with van der Waals surface area (Å²) in [4.78, 5) is 19.3. The van der Waals surface area contributed by atoms with Crippen molar-refractivity contribution in [2.75, 3.05) is 13.2 Å². The fourth-order valence-corrected chi connectivity index (χ4v) is 4.28. The predicted molar refractivity (Wildman–Crippen MR) is 104 cm³/mol. The number of hydrogen-bond donors (Lipinski definition) is 3. The van der Waals surface area contributed by atoms with Crippen molar-refractivity contribution in [3.8, 4) is 0 Å². The van der Waals surface area contributed by atoms with E-state index in [1.807, 2.05) is 11.2 Å². The molecule has 2 aliphatic heterocycles.